The van der Waals surface area contributed by atoms with Crippen LogP contribution in [0.15, 0.2) is 23.7 Å². The number of allylic oxidation sites excluding steroid dienone is 2. The summed E-state index contributed by atoms with van der Waals surface area (Å²) in [7, 11) is 0. The third kappa shape index (κ3) is 8.00. The molecule has 0 aromatic heterocycles. The van der Waals surface area contributed by atoms with Gasteiger partial charge in [-0.2, -0.15) is 0 Å². The van der Waals surface area contributed by atoms with E-state index in [2.05, 4.69) is 31.5 Å². The van der Waals surface area contributed by atoms with E-state index >= 15 is 0 Å². The molecule has 0 rings (SSSR count). The van der Waals surface area contributed by atoms with E-state index in [0.29, 0.717) is 15.0 Å². The topological polar surface area (TPSA) is 0 Å². The van der Waals surface area contributed by atoms with Gasteiger partial charge in [0, 0.05) is 0 Å². The van der Waals surface area contributed by atoms with Crippen LogP contribution in [0.5, 0.6) is 0 Å². The van der Waals surface area contributed by atoms with E-state index in [0.717, 1.165) is 11.2 Å². The minimum atomic E-state index is 0.697. The zero-order chi connectivity index (χ0) is 7.11. The van der Waals surface area contributed by atoms with Gasteiger partial charge in [0.05, 0.1) is 0 Å². The third-order valence-electron chi connectivity index (χ3n) is 0.750. The normalized spacial score (nSPS) is 11.0. The van der Waals surface area contributed by atoms with Crippen LogP contribution in [0.3, 0.4) is 0 Å². The first-order valence-electron chi connectivity index (χ1n) is 3.18. The van der Waals surface area contributed by atoms with Gasteiger partial charge >= 0.3 is 63.7 Å². The molecule has 0 aliphatic carbocycles. The molecule has 0 saturated heterocycles. The van der Waals surface area contributed by atoms with Crippen molar-refractivity contribution in [3.63, 3.8) is 0 Å². The second-order valence-corrected chi connectivity index (χ2v) is 5.20. The first kappa shape index (κ1) is 9.00. The van der Waals surface area contributed by atoms with Crippen LogP contribution in [0.4, 0.5) is 0 Å². The Bertz CT molecular complexity index is 92.7. The van der Waals surface area contributed by atoms with Gasteiger partial charge in [-0.1, -0.05) is 0 Å². The van der Waals surface area contributed by atoms with Gasteiger partial charge < -0.3 is 0 Å². The van der Waals surface area contributed by atoms with Crippen LogP contribution in [0.2, 0.25) is 4.82 Å². The summed E-state index contributed by atoms with van der Waals surface area (Å²) in [5.74, 6) is 0. The molecule has 0 fully saturated rings. The molecular formula is C8H14Se. The minimum absolute atomic E-state index is 0.697. The fraction of sp³-hybridized carbons (Fsp3) is 0.500. The van der Waals surface area contributed by atoms with Gasteiger partial charge in [-0.05, 0) is 0 Å². The summed E-state index contributed by atoms with van der Waals surface area (Å²) in [6, 6.07) is 0. The van der Waals surface area contributed by atoms with Crippen molar-refractivity contribution in [2.24, 2.45) is 0 Å². The summed E-state index contributed by atoms with van der Waals surface area (Å²) < 4.78 is 0. The standard InChI is InChI=1S/C8H14Se/c1-4-5-6-7-9-8(2)3/h4,6-8H,1,5H2,2-3H3/b7-6+. The van der Waals surface area contributed by atoms with Crippen LogP contribution in [0.25, 0.3) is 0 Å². The molecule has 1 heteroatoms. The van der Waals surface area contributed by atoms with E-state index in [-0.39, 0.29) is 0 Å². The summed E-state index contributed by atoms with van der Waals surface area (Å²) in [5.41, 5.74) is 0. The van der Waals surface area contributed by atoms with Gasteiger partial charge in [-0.15, -0.1) is 0 Å². The van der Waals surface area contributed by atoms with E-state index in [1.165, 1.54) is 0 Å². The molecule has 0 aliphatic heterocycles. The van der Waals surface area contributed by atoms with Gasteiger partial charge in [-0.25, -0.2) is 0 Å². The quantitative estimate of drug-likeness (QED) is 0.471. The van der Waals surface area contributed by atoms with Crippen molar-refractivity contribution >= 4 is 15.0 Å². The third-order valence-corrected chi connectivity index (χ3v) is 2.63. The van der Waals surface area contributed by atoms with Crippen molar-refractivity contribution in [1.29, 1.82) is 0 Å². The monoisotopic (exact) mass is 190 g/mol. The molecule has 0 bridgehead atoms. The SMILES string of the molecule is C=CC/C=C/[Se]C(C)C. The van der Waals surface area contributed by atoms with E-state index in [1.807, 2.05) is 6.08 Å². The fourth-order valence-corrected chi connectivity index (χ4v) is 1.49. The summed E-state index contributed by atoms with van der Waals surface area (Å²) in [6.07, 6.45) is 5.13. The van der Waals surface area contributed by atoms with Gasteiger partial charge in [0.1, 0.15) is 0 Å². The Hall–Kier alpha value is -0.000519. The molecule has 0 N–H and O–H groups in total. The molecule has 0 unspecified atom stereocenters. The van der Waals surface area contributed by atoms with E-state index in [4.69, 9.17) is 0 Å². The molecule has 0 radical (unpaired) electrons. The number of rotatable bonds is 4. The molecule has 52 valence electrons. The Kier molecular flexibility index (Phi) is 6.12. The van der Waals surface area contributed by atoms with Crippen molar-refractivity contribution in [3.8, 4) is 0 Å². The maximum atomic E-state index is 3.63. The number of hydrogen-bond acceptors (Lipinski definition) is 0. The molecule has 0 saturated carbocycles. The van der Waals surface area contributed by atoms with Crippen molar-refractivity contribution in [2.75, 3.05) is 0 Å². The molecule has 0 amide bonds. The maximum absolute atomic E-state index is 3.63. The van der Waals surface area contributed by atoms with E-state index in [9.17, 15) is 0 Å². The van der Waals surface area contributed by atoms with Crippen LogP contribution in [0, 0.1) is 0 Å². The Labute approximate surface area is 64.2 Å². The van der Waals surface area contributed by atoms with Crippen molar-refractivity contribution in [1.82, 2.24) is 0 Å². The van der Waals surface area contributed by atoms with Crippen LogP contribution in [-0.2, 0) is 0 Å². The van der Waals surface area contributed by atoms with Crippen LogP contribution >= 0.6 is 0 Å². The van der Waals surface area contributed by atoms with Crippen molar-refractivity contribution in [3.05, 3.63) is 23.7 Å². The van der Waals surface area contributed by atoms with Gasteiger partial charge in [-0.3, -0.25) is 0 Å². The van der Waals surface area contributed by atoms with Crippen molar-refractivity contribution < 1.29 is 0 Å². The number of hydrogen-bond donors (Lipinski definition) is 0. The van der Waals surface area contributed by atoms with Crippen LogP contribution in [0.1, 0.15) is 20.3 Å². The zero-order valence-electron chi connectivity index (χ0n) is 6.13. The summed E-state index contributed by atoms with van der Waals surface area (Å²) in [6.45, 7) is 8.13. The molecular weight excluding hydrogens is 175 g/mol. The molecule has 0 spiro atoms. The zero-order valence-corrected chi connectivity index (χ0v) is 7.84. The van der Waals surface area contributed by atoms with Crippen molar-refractivity contribution in [2.45, 2.75) is 25.1 Å². The first-order valence-corrected chi connectivity index (χ1v) is 5.16. The predicted molar refractivity (Wildman–Crippen MR) is 44.8 cm³/mol. The van der Waals surface area contributed by atoms with Gasteiger partial charge in [0.15, 0.2) is 0 Å². The van der Waals surface area contributed by atoms with Gasteiger partial charge in [0.25, 0.3) is 0 Å². The predicted octanol–water partition coefficient (Wildman–Crippen LogP) is 2.61. The Morgan fingerprint density at radius 2 is 2.22 bits per heavy atom. The Morgan fingerprint density at radius 3 is 2.67 bits per heavy atom. The fourth-order valence-electron chi connectivity index (χ4n) is 0.364. The second-order valence-electron chi connectivity index (χ2n) is 2.08. The first-order chi connectivity index (χ1) is 4.27. The molecule has 0 aromatic carbocycles. The van der Waals surface area contributed by atoms with E-state index in [1.54, 1.807) is 0 Å². The average Bonchev–Trinajstić information content (AvgIpc) is 1.80. The van der Waals surface area contributed by atoms with Crippen LogP contribution in [-0.4, -0.2) is 15.0 Å². The molecule has 0 atom stereocenters. The summed E-state index contributed by atoms with van der Waals surface area (Å²) in [5, 5.41) is 0. The molecule has 0 nitrogen and oxygen atoms in total. The summed E-state index contributed by atoms with van der Waals surface area (Å²) in [4.78, 5) is 3.12. The molecule has 0 aliphatic rings. The molecule has 0 aromatic rings. The summed E-state index contributed by atoms with van der Waals surface area (Å²) >= 11 is 0.697. The molecule has 0 heterocycles. The van der Waals surface area contributed by atoms with Gasteiger partial charge in [0.2, 0.25) is 0 Å². The second kappa shape index (κ2) is 6.12. The van der Waals surface area contributed by atoms with Crippen LogP contribution < -0.4 is 0 Å². The average molecular weight is 189 g/mol. The molecule has 9 heavy (non-hydrogen) atoms. The van der Waals surface area contributed by atoms with E-state index < -0.39 is 0 Å². The Morgan fingerprint density at radius 1 is 1.56 bits per heavy atom. The Balaban J connectivity index is 3.14.